The van der Waals surface area contributed by atoms with Crippen molar-refractivity contribution in [3.8, 4) is 0 Å². The molecular formula is C20H18Cl2N2O2. The molecule has 3 aromatic rings. The summed E-state index contributed by atoms with van der Waals surface area (Å²) >= 11 is 12.5. The summed E-state index contributed by atoms with van der Waals surface area (Å²) in [5.41, 5.74) is 4.30. The van der Waals surface area contributed by atoms with E-state index in [2.05, 4.69) is 10.3 Å². The molecule has 1 heterocycles. The molecule has 2 aromatic carbocycles. The molecule has 4 nitrogen and oxygen atoms in total. The number of aryl methyl sites for hydroxylation is 2. The van der Waals surface area contributed by atoms with Crippen molar-refractivity contribution in [2.24, 2.45) is 0 Å². The minimum Gasteiger partial charge on any atom is -0.462 e. The Kier molecular flexibility index (Phi) is 5.35. The smallest absolute Gasteiger partial charge is 0.341 e. The molecule has 0 saturated carbocycles. The lowest BCUT2D eigenvalue weighted by Gasteiger charge is -2.16. The molecule has 0 atom stereocenters. The van der Waals surface area contributed by atoms with Crippen molar-refractivity contribution in [1.29, 1.82) is 0 Å². The highest BCUT2D eigenvalue weighted by molar-refractivity contribution is 6.32. The predicted molar refractivity (Wildman–Crippen MR) is 107 cm³/mol. The van der Waals surface area contributed by atoms with Crippen LogP contribution in [0.4, 0.5) is 11.4 Å². The molecule has 0 saturated heterocycles. The Morgan fingerprint density at radius 3 is 2.62 bits per heavy atom. The Morgan fingerprint density at radius 1 is 1.15 bits per heavy atom. The number of esters is 1. The van der Waals surface area contributed by atoms with Gasteiger partial charge in [0.2, 0.25) is 0 Å². The highest BCUT2D eigenvalue weighted by Gasteiger charge is 2.18. The van der Waals surface area contributed by atoms with Crippen molar-refractivity contribution in [3.05, 3.63) is 63.3 Å². The van der Waals surface area contributed by atoms with Gasteiger partial charge in [-0.15, -0.1) is 0 Å². The summed E-state index contributed by atoms with van der Waals surface area (Å²) < 4.78 is 5.18. The number of aromatic nitrogens is 1. The fourth-order valence-electron chi connectivity index (χ4n) is 2.70. The third-order valence-electron chi connectivity index (χ3n) is 4.16. The van der Waals surface area contributed by atoms with E-state index in [1.807, 2.05) is 38.1 Å². The van der Waals surface area contributed by atoms with Crippen molar-refractivity contribution in [2.45, 2.75) is 20.8 Å². The molecule has 0 amide bonds. The second-order valence-electron chi connectivity index (χ2n) is 5.92. The first-order chi connectivity index (χ1) is 12.4. The Bertz CT molecular complexity index is 1000. The maximum atomic E-state index is 12.4. The number of hydrogen-bond acceptors (Lipinski definition) is 4. The first-order valence-corrected chi connectivity index (χ1v) is 8.96. The standard InChI is InChI=1S/C20H18Cl2N2O2/c1-4-26-20(25)15-10-23-18-12(3)16(21)8-7-14(18)19(15)24-13-6-5-11(2)17(22)9-13/h5-10H,4H2,1-3H3,(H,23,24). The van der Waals surface area contributed by atoms with Gasteiger partial charge < -0.3 is 10.1 Å². The number of nitrogens with one attached hydrogen (secondary N) is 1. The van der Waals surface area contributed by atoms with Crippen LogP contribution in [0.1, 0.15) is 28.4 Å². The van der Waals surface area contributed by atoms with Gasteiger partial charge in [-0.3, -0.25) is 4.98 Å². The first-order valence-electron chi connectivity index (χ1n) is 8.20. The van der Waals surface area contributed by atoms with Gasteiger partial charge in [-0.25, -0.2) is 4.79 Å². The Balaban J connectivity index is 2.20. The van der Waals surface area contributed by atoms with Gasteiger partial charge in [0.05, 0.1) is 17.8 Å². The van der Waals surface area contributed by atoms with E-state index in [9.17, 15) is 4.79 Å². The molecule has 0 aliphatic heterocycles. The molecule has 26 heavy (non-hydrogen) atoms. The zero-order valence-corrected chi connectivity index (χ0v) is 16.2. The third kappa shape index (κ3) is 3.48. The van der Waals surface area contributed by atoms with Crippen molar-refractivity contribution < 1.29 is 9.53 Å². The molecule has 134 valence electrons. The number of nitrogens with zero attached hydrogens (tertiary/aromatic N) is 1. The van der Waals surface area contributed by atoms with Crippen LogP contribution in [-0.4, -0.2) is 17.6 Å². The monoisotopic (exact) mass is 388 g/mol. The zero-order chi connectivity index (χ0) is 18.8. The Labute approximate surface area is 162 Å². The summed E-state index contributed by atoms with van der Waals surface area (Å²) in [6, 6.07) is 9.29. The van der Waals surface area contributed by atoms with Crippen LogP contribution in [0.5, 0.6) is 0 Å². The quantitative estimate of drug-likeness (QED) is 0.550. The normalized spacial score (nSPS) is 10.8. The molecule has 0 radical (unpaired) electrons. The maximum absolute atomic E-state index is 12.4. The largest absolute Gasteiger partial charge is 0.462 e. The lowest BCUT2D eigenvalue weighted by molar-refractivity contribution is 0.0527. The second kappa shape index (κ2) is 7.52. The molecule has 0 aliphatic carbocycles. The summed E-state index contributed by atoms with van der Waals surface area (Å²) in [7, 11) is 0. The maximum Gasteiger partial charge on any atom is 0.341 e. The minimum absolute atomic E-state index is 0.284. The van der Waals surface area contributed by atoms with Crippen LogP contribution in [0.3, 0.4) is 0 Å². The van der Waals surface area contributed by atoms with Gasteiger partial charge in [-0.1, -0.05) is 29.3 Å². The van der Waals surface area contributed by atoms with Gasteiger partial charge in [0.1, 0.15) is 5.56 Å². The highest BCUT2D eigenvalue weighted by Crippen LogP contribution is 2.34. The van der Waals surface area contributed by atoms with Crippen LogP contribution in [0.2, 0.25) is 10.0 Å². The molecule has 6 heteroatoms. The topological polar surface area (TPSA) is 51.2 Å². The lowest BCUT2D eigenvalue weighted by atomic mass is 10.1. The number of hydrogen-bond donors (Lipinski definition) is 1. The van der Waals surface area contributed by atoms with Gasteiger partial charge in [-0.2, -0.15) is 0 Å². The third-order valence-corrected chi connectivity index (χ3v) is 4.98. The number of benzene rings is 2. The number of fused-ring (bicyclic) bond motifs is 1. The molecule has 3 rings (SSSR count). The second-order valence-corrected chi connectivity index (χ2v) is 6.74. The lowest BCUT2D eigenvalue weighted by Crippen LogP contribution is -2.09. The van der Waals surface area contributed by atoms with E-state index >= 15 is 0 Å². The number of halogens is 2. The summed E-state index contributed by atoms with van der Waals surface area (Å²) in [6.07, 6.45) is 1.52. The number of carbonyl (C=O) groups is 1. The van der Waals surface area contributed by atoms with Gasteiger partial charge in [0.15, 0.2) is 0 Å². The average molecular weight is 389 g/mol. The van der Waals surface area contributed by atoms with Gasteiger partial charge >= 0.3 is 5.97 Å². The number of anilines is 2. The van der Waals surface area contributed by atoms with Gasteiger partial charge in [0.25, 0.3) is 0 Å². The van der Waals surface area contributed by atoms with Gasteiger partial charge in [0, 0.05) is 27.3 Å². The molecule has 1 aromatic heterocycles. The Morgan fingerprint density at radius 2 is 1.92 bits per heavy atom. The molecule has 0 bridgehead atoms. The van der Waals surface area contributed by atoms with E-state index in [-0.39, 0.29) is 6.61 Å². The fourth-order valence-corrected chi connectivity index (χ4v) is 3.03. The molecule has 0 unspecified atom stereocenters. The summed E-state index contributed by atoms with van der Waals surface area (Å²) in [5.74, 6) is -0.435. The number of rotatable bonds is 4. The summed E-state index contributed by atoms with van der Waals surface area (Å²) in [6.45, 7) is 5.88. The van der Waals surface area contributed by atoms with Crippen molar-refractivity contribution in [1.82, 2.24) is 4.98 Å². The van der Waals surface area contributed by atoms with Crippen LogP contribution >= 0.6 is 23.2 Å². The molecule has 0 spiro atoms. The number of pyridine rings is 1. The van der Waals surface area contributed by atoms with Crippen LogP contribution in [0.25, 0.3) is 10.9 Å². The fraction of sp³-hybridized carbons (Fsp3) is 0.200. The van der Waals surface area contributed by atoms with Crippen molar-refractivity contribution in [2.75, 3.05) is 11.9 Å². The number of carbonyl (C=O) groups excluding carboxylic acids is 1. The summed E-state index contributed by atoms with van der Waals surface area (Å²) in [5, 5.41) is 5.35. The SMILES string of the molecule is CCOC(=O)c1cnc2c(C)c(Cl)ccc2c1Nc1ccc(C)c(Cl)c1. The highest BCUT2D eigenvalue weighted by atomic mass is 35.5. The van der Waals surface area contributed by atoms with Crippen LogP contribution in [0.15, 0.2) is 36.5 Å². The zero-order valence-electron chi connectivity index (χ0n) is 14.7. The molecule has 0 aliphatic rings. The van der Waals surface area contributed by atoms with E-state index in [4.69, 9.17) is 27.9 Å². The minimum atomic E-state index is -0.435. The molecule has 0 fully saturated rings. The van der Waals surface area contributed by atoms with Crippen LogP contribution in [-0.2, 0) is 4.74 Å². The van der Waals surface area contributed by atoms with Crippen LogP contribution in [0, 0.1) is 13.8 Å². The van der Waals surface area contributed by atoms with E-state index in [1.54, 1.807) is 13.0 Å². The average Bonchev–Trinajstić information content (AvgIpc) is 2.61. The van der Waals surface area contributed by atoms with E-state index < -0.39 is 5.97 Å². The van der Waals surface area contributed by atoms with Crippen LogP contribution < -0.4 is 5.32 Å². The summed E-state index contributed by atoms with van der Waals surface area (Å²) in [4.78, 5) is 16.8. The Hall–Kier alpha value is -2.30. The molecular weight excluding hydrogens is 371 g/mol. The first kappa shape index (κ1) is 18.5. The molecule has 1 N–H and O–H groups in total. The van der Waals surface area contributed by atoms with E-state index in [0.29, 0.717) is 21.3 Å². The predicted octanol–water partition coefficient (Wildman–Crippen LogP) is 6.08. The van der Waals surface area contributed by atoms with E-state index in [1.165, 1.54) is 6.20 Å². The van der Waals surface area contributed by atoms with E-state index in [0.717, 1.165) is 27.7 Å². The van der Waals surface area contributed by atoms with Crippen molar-refractivity contribution in [3.63, 3.8) is 0 Å². The van der Waals surface area contributed by atoms with Crippen molar-refractivity contribution >= 4 is 51.4 Å². The number of ether oxygens (including phenoxy) is 1. The van der Waals surface area contributed by atoms with Gasteiger partial charge in [-0.05, 0) is 56.2 Å².